The molecule has 0 aliphatic heterocycles. The maximum absolute atomic E-state index is 12.2. The van der Waals surface area contributed by atoms with Crippen molar-refractivity contribution in [1.29, 1.82) is 0 Å². The van der Waals surface area contributed by atoms with Gasteiger partial charge in [0.05, 0.1) is 35.4 Å². The molecule has 0 aromatic heterocycles. The van der Waals surface area contributed by atoms with Crippen LogP contribution in [0.25, 0.3) is 0 Å². The molecule has 0 aliphatic carbocycles. The van der Waals surface area contributed by atoms with Gasteiger partial charge in [-0.25, -0.2) is 4.79 Å². The lowest BCUT2D eigenvalue weighted by Gasteiger charge is -2.12. The SMILES string of the molecule is COc1cc(C(=O)OCC(=O)Nc2cc([N+](=O)[O-])ccc2Cl)cc(OC)c1C. The van der Waals surface area contributed by atoms with Gasteiger partial charge in [-0.1, -0.05) is 11.6 Å². The van der Waals surface area contributed by atoms with Crippen molar-refractivity contribution in [2.24, 2.45) is 0 Å². The van der Waals surface area contributed by atoms with E-state index in [2.05, 4.69) is 5.32 Å². The van der Waals surface area contributed by atoms with Gasteiger partial charge in [0.15, 0.2) is 6.61 Å². The first-order chi connectivity index (χ1) is 13.3. The molecule has 0 fully saturated rings. The lowest BCUT2D eigenvalue weighted by molar-refractivity contribution is -0.384. The Hall–Kier alpha value is -3.33. The minimum Gasteiger partial charge on any atom is -0.496 e. The standard InChI is InChI=1S/C18H17ClN2O7/c1-10-15(26-2)6-11(7-16(10)27-3)18(23)28-9-17(22)20-14-8-12(21(24)25)4-5-13(14)19/h4-8H,9H2,1-3H3,(H,20,22). The minimum atomic E-state index is -0.767. The Labute approximate surface area is 165 Å². The van der Waals surface area contributed by atoms with Gasteiger partial charge in [0.1, 0.15) is 11.5 Å². The molecule has 28 heavy (non-hydrogen) atoms. The maximum atomic E-state index is 12.2. The number of nitro groups is 1. The first-order valence-electron chi connectivity index (χ1n) is 7.90. The molecule has 0 heterocycles. The van der Waals surface area contributed by atoms with Crippen molar-refractivity contribution in [1.82, 2.24) is 0 Å². The van der Waals surface area contributed by atoms with E-state index in [0.29, 0.717) is 17.1 Å². The molecule has 0 aliphatic rings. The molecule has 0 unspecified atom stereocenters. The summed E-state index contributed by atoms with van der Waals surface area (Å²) in [5, 5.41) is 13.3. The highest BCUT2D eigenvalue weighted by molar-refractivity contribution is 6.33. The number of rotatable bonds is 7. The van der Waals surface area contributed by atoms with Gasteiger partial charge in [0.25, 0.3) is 11.6 Å². The highest BCUT2D eigenvalue weighted by Crippen LogP contribution is 2.30. The van der Waals surface area contributed by atoms with E-state index in [0.717, 1.165) is 6.07 Å². The Balaban J connectivity index is 2.06. The predicted molar refractivity (Wildman–Crippen MR) is 101 cm³/mol. The number of halogens is 1. The molecular weight excluding hydrogens is 392 g/mol. The second kappa shape index (κ2) is 9.05. The second-order valence-corrected chi connectivity index (χ2v) is 5.96. The number of esters is 1. The number of anilines is 1. The van der Waals surface area contributed by atoms with Crippen molar-refractivity contribution in [3.8, 4) is 11.5 Å². The first kappa shape index (κ1) is 21.0. The van der Waals surface area contributed by atoms with E-state index >= 15 is 0 Å². The summed E-state index contributed by atoms with van der Waals surface area (Å²) in [6.45, 7) is 1.15. The average molecular weight is 409 g/mol. The van der Waals surface area contributed by atoms with E-state index in [1.165, 1.54) is 38.5 Å². The maximum Gasteiger partial charge on any atom is 0.338 e. The van der Waals surface area contributed by atoms with Crippen LogP contribution in [-0.2, 0) is 9.53 Å². The Bertz CT molecular complexity index is 905. The third-order valence-electron chi connectivity index (χ3n) is 3.76. The van der Waals surface area contributed by atoms with Crippen LogP contribution in [0, 0.1) is 17.0 Å². The zero-order valence-electron chi connectivity index (χ0n) is 15.3. The highest BCUT2D eigenvalue weighted by atomic mass is 35.5. The molecule has 1 amide bonds. The van der Waals surface area contributed by atoms with Gasteiger partial charge in [-0.3, -0.25) is 14.9 Å². The van der Waals surface area contributed by atoms with Gasteiger partial charge in [0, 0.05) is 17.7 Å². The van der Waals surface area contributed by atoms with Crippen LogP contribution in [0.15, 0.2) is 30.3 Å². The van der Waals surface area contributed by atoms with Crippen molar-refractivity contribution in [2.75, 3.05) is 26.1 Å². The molecule has 0 radical (unpaired) electrons. The van der Waals surface area contributed by atoms with E-state index in [-0.39, 0.29) is 22.0 Å². The molecule has 2 aromatic carbocycles. The van der Waals surface area contributed by atoms with E-state index in [1.807, 2.05) is 0 Å². The average Bonchev–Trinajstić information content (AvgIpc) is 2.67. The molecule has 0 saturated carbocycles. The van der Waals surface area contributed by atoms with Gasteiger partial charge in [-0.05, 0) is 25.1 Å². The zero-order chi connectivity index (χ0) is 20.8. The van der Waals surface area contributed by atoms with Crippen molar-refractivity contribution in [3.63, 3.8) is 0 Å². The summed E-state index contributed by atoms with van der Waals surface area (Å²) < 4.78 is 15.4. The Morgan fingerprint density at radius 2 is 1.75 bits per heavy atom. The molecule has 0 bridgehead atoms. The van der Waals surface area contributed by atoms with Gasteiger partial charge in [-0.2, -0.15) is 0 Å². The molecule has 0 atom stereocenters. The summed E-state index contributed by atoms with van der Waals surface area (Å²) in [5.74, 6) is -0.614. The van der Waals surface area contributed by atoms with Crippen LogP contribution < -0.4 is 14.8 Å². The number of nitrogens with zero attached hydrogens (tertiary/aromatic N) is 1. The fraction of sp³-hybridized carbons (Fsp3) is 0.222. The van der Waals surface area contributed by atoms with Crippen LogP contribution >= 0.6 is 11.6 Å². The van der Waals surface area contributed by atoms with Gasteiger partial charge >= 0.3 is 5.97 Å². The van der Waals surface area contributed by atoms with Gasteiger partial charge in [0.2, 0.25) is 0 Å². The molecule has 10 heteroatoms. The highest BCUT2D eigenvalue weighted by Gasteiger charge is 2.17. The quantitative estimate of drug-likeness (QED) is 0.424. The van der Waals surface area contributed by atoms with Crippen LogP contribution in [0.4, 0.5) is 11.4 Å². The number of hydrogen-bond donors (Lipinski definition) is 1. The molecule has 0 saturated heterocycles. The molecule has 148 valence electrons. The molecular formula is C18H17ClN2O7. The second-order valence-electron chi connectivity index (χ2n) is 5.55. The summed E-state index contributed by atoms with van der Waals surface area (Å²) >= 11 is 5.91. The topological polar surface area (TPSA) is 117 Å². The van der Waals surface area contributed by atoms with Crippen LogP contribution in [0.3, 0.4) is 0 Å². The Kier molecular flexibility index (Phi) is 6.78. The number of benzene rings is 2. The number of nitrogens with one attached hydrogen (secondary N) is 1. The van der Waals surface area contributed by atoms with E-state index < -0.39 is 23.4 Å². The number of non-ortho nitro benzene ring substituents is 1. The van der Waals surface area contributed by atoms with E-state index in [4.69, 9.17) is 25.8 Å². The smallest absolute Gasteiger partial charge is 0.338 e. The monoisotopic (exact) mass is 408 g/mol. The van der Waals surface area contributed by atoms with E-state index in [9.17, 15) is 19.7 Å². The molecule has 2 aromatic rings. The lowest BCUT2D eigenvalue weighted by atomic mass is 10.1. The fourth-order valence-corrected chi connectivity index (χ4v) is 2.49. The normalized spacial score (nSPS) is 10.1. The van der Waals surface area contributed by atoms with Crippen LogP contribution in [-0.4, -0.2) is 37.6 Å². The fourth-order valence-electron chi connectivity index (χ4n) is 2.33. The van der Waals surface area contributed by atoms with Crippen LogP contribution in [0.1, 0.15) is 15.9 Å². The number of hydrogen-bond acceptors (Lipinski definition) is 7. The van der Waals surface area contributed by atoms with Crippen molar-refractivity contribution in [3.05, 3.63) is 56.6 Å². The first-order valence-corrected chi connectivity index (χ1v) is 8.28. The predicted octanol–water partition coefficient (Wildman–Crippen LogP) is 3.37. The Morgan fingerprint density at radius 3 is 2.29 bits per heavy atom. The molecule has 0 spiro atoms. The molecule has 2 rings (SSSR count). The van der Waals surface area contributed by atoms with Gasteiger partial charge < -0.3 is 19.5 Å². The van der Waals surface area contributed by atoms with Gasteiger partial charge in [-0.15, -0.1) is 0 Å². The Morgan fingerprint density at radius 1 is 1.14 bits per heavy atom. The molecule has 1 N–H and O–H groups in total. The summed E-state index contributed by atoms with van der Waals surface area (Å²) in [6, 6.07) is 6.53. The third-order valence-corrected chi connectivity index (χ3v) is 4.09. The summed E-state index contributed by atoms with van der Waals surface area (Å²) in [6.07, 6.45) is 0. The number of carbonyl (C=O) groups is 2. The minimum absolute atomic E-state index is 0.0376. The number of amides is 1. The van der Waals surface area contributed by atoms with Crippen molar-refractivity contribution < 1.29 is 28.7 Å². The number of carbonyl (C=O) groups excluding carboxylic acids is 2. The summed E-state index contributed by atoms with van der Waals surface area (Å²) in [7, 11) is 2.90. The molecule has 9 nitrogen and oxygen atoms in total. The lowest BCUT2D eigenvalue weighted by Crippen LogP contribution is -2.21. The number of nitro benzene ring substituents is 1. The van der Waals surface area contributed by atoms with Crippen LogP contribution in [0.2, 0.25) is 5.02 Å². The van der Waals surface area contributed by atoms with E-state index in [1.54, 1.807) is 6.92 Å². The largest absolute Gasteiger partial charge is 0.496 e. The number of ether oxygens (including phenoxy) is 3. The van der Waals surface area contributed by atoms with Crippen molar-refractivity contribution >= 4 is 34.9 Å². The number of methoxy groups -OCH3 is 2. The van der Waals surface area contributed by atoms with Crippen LogP contribution in [0.5, 0.6) is 11.5 Å². The summed E-state index contributed by atoms with van der Waals surface area (Å²) in [5.41, 5.74) is 0.645. The zero-order valence-corrected chi connectivity index (χ0v) is 16.0. The van der Waals surface area contributed by atoms with Crippen molar-refractivity contribution in [2.45, 2.75) is 6.92 Å². The summed E-state index contributed by atoms with van der Waals surface area (Å²) in [4.78, 5) is 34.4. The third kappa shape index (κ3) is 4.89.